The number of aromatic nitrogens is 1. The zero-order valence-electron chi connectivity index (χ0n) is 15.6. The zero-order chi connectivity index (χ0) is 19.6. The smallest absolute Gasteiger partial charge is 0.207 e. The normalized spacial score (nSPS) is 16.1. The number of halogens is 1. The minimum atomic E-state index is -0.245. The van der Waals surface area contributed by atoms with E-state index in [9.17, 15) is 4.39 Å². The lowest BCUT2D eigenvalue weighted by molar-refractivity contribution is 0.628. The van der Waals surface area contributed by atoms with E-state index in [2.05, 4.69) is 36.4 Å². The number of thiazole rings is 1. The molecule has 5 rings (SSSR count). The molecule has 0 N–H and O–H groups in total. The molecule has 0 spiro atoms. The van der Waals surface area contributed by atoms with Gasteiger partial charge in [0, 0.05) is 17.4 Å². The first-order valence-corrected chi connectivity index (χ1v) is 10.3. The quantitative estimate of drug-likeness (QED) is 0.403. The maximum Gasteiger partial charge on any atom is 0.207 e. The molecule has 29 heavy (non-hydrogen) atoms. The summed E-state index contributed by atoms with van der Waals surface area (Å²) in [7, 11) is 0. The lowest BCUT2D eigenvalue weighted by Gasteiger charge is -2.21. The molecule has 0 radical (unpaired) electrons. The van der Waals surface area contributed by atoms with Crippen LogP contribution in [-0.4, -0.2) is 10.7 Å². The van der Waals surface area contributed by atoms with Crippen LogP contribution in [0.5, 0.6) is 0 Å². The van der Waals surface area contributed by atoms with Crippen molar-refractivity contribution in [2.45, 2.75) is 12.5 Å². The number of benzene rings is 3. The van der Waals surface area contributed by atoms with Gasteiger partial charge in [-0.25, -0.2) is 14.4 Å². The molecule has 0 aliphatic carbocycles. The highest BCUT2D eigenvalue weighted by atomic mass is 32.1. The predicted molar refractivity (Wildman–Crippen MR) is 117 cm³/mol. The van der Waals surface area contributed by atoms with Crippen molar-refractivity contribution in [2.75, 3.05) is 5.01 Å². The minimum absolute atomic E-state index is 0.0959. The molecule has 0 saturated heterocycles. The van der Waals surface area contributed by atoms with Gasteiger partial charge in [0.05, 0.1) is 17.4 Å². The van der Waals surface area contributed by atoms with Gasteiger partial charge in [0.15, 0.2) is 0 Å². The van der Waals surface area contributed by atoms with Crippen molar-refractivity contribution < 1.29 is 4.39 Å². The molecule has 142 valence electrons. The molecule has 4 aromatic rings. The Morgan fingerprint density at radius 2 is 1.52 bits per heavy atom. The Bertz CT molecular complexity index is 1140. The molecular formula is C24H18FN3S. The third-order valence-electron chi connectivity index (χ3n) is 5.03. The fourth-order valence-electron chi connectivity index (χ4n) is 3.55. The molecule has 0 amide bonds. The summed E-state index contributed by atoms with van der Waals surface area (Å²) in [5.74, 6) is -0.245. The minimum Gasteiger partial charge on any atom is -0.231 e. The van der Waals surface area contributed by atoms with Crippen LogP contribution in [0.15, 0.2) is 95.4 Å². The van der Waals surface area contributed by atoms with Crippen LogP contribution in [0.3, 0.4) is 0 Å². The number of anilines is 1. The largest absolute Gasteiger partial charge is 0.231 e. The summed E-state index contributed by atoms with van der Waals surface area (Å²) in [5.41, 5.74) is 5.13. The number of hydrogen-bond acceptors (Lipinski definition) is 4. The summed E-state index contributed by atoms with van der Waals surface area (Å²) >= 11 is 1.56. The summed E-state index contributed by atoms with van der Waals surface area (Å²) < 4.78 is 13.3. The van der Waals surface area contributed by atoms with Crippen molar-refractivity contribution in [1.29, 1.82) is 0 Å². The second kappa shape index (κ2) is 7.60. The summed E-state index contributed by atoms with van der Waals surface area (Å²) in [6, 6.07) is 27.2. The molecule has 1 aromatic heterocycles. The van der Waals surface area contributed by atoms with E-state index in [0.29, 0.717) is 0 Å². The Balaban J connectivity index is 1.53. The average molecular weight is 399 g/mol. The molecule has 0 saturated carbocycles. The third-order valence-corrected chi connectivity index (χ3v) is 5.86. The van der Waals surface area contributed by atoms with Crippen LogP contribution in [0.4, 0.5) is 9.52 Å². The maximum atomic E-state index is 13.3. The van der Waals surface area contributed by atoms with Crippen molar-refractivity contribution in [3.8, 4) is 11.3 Å². The van der Waals surface area contributed by atoms with Gasteiger partial charge in [0.1, 0.15) is 5.82 Å². The Kier molecular flexibility index (Phi) is 4.66. The van der Waals surface area contributed by atoms with Gasteiger partial charge >= 0.3 is 0 Å². The lowest BCUT2D eigenvalue weighted by Crippen LogP contribution is -2.18. The standard InChI is InChI=1S/C24H18FN3S/c25-20-13-11-18(12-14-20)22-16-29-24(26-22)28-23(19-9-5-2-6-10-19)15-21(27-28)17-7-3-1-4-8-17/h1-14,16,23H,15H2/t23-/m0/s1. The third kappa shape index (κ3) is 3.57. The fraction of sp³-hybridized carbons (Fsp3) is 0.0833. The van der Waals surface area contributed by atoms with Crippen molar-refractivity contribution >= 4 is 22.2 Å². The van der Waals surface area contributed by atoms with Crippen molar-refractivity contribution in [3.05, 3.63) is 107 Å². The lowest BCUT2D eigenvalue weighted by atomic mass is 9.99. The highest BCUT2D eigenvalue weighted by Crippen LogP contribution is 2.39. The second-order valence-electron chi connectivity index (χ2n) is 6.91. The monoisotopic (exact) mass is 399 g/mol. The van der Waals surface area contributed by atoms with Crippen LogP contribution in [0.25, 0.3) is 11.3 Å². The van der Waals surface area contributed by atoms with E-state index >= 15 is 0 Å². The maximum absolute atomic E-state index is 13.3. The predicted octanol–water partition coefficient (Wildman–Crippen LogP) is 6.30. The first-order valence-electron chi connectivity index (χ1n) is 9.46. The summed E-state index contributed by atoms with van der Waals surface area (Å²) in [5, 5.41) is 9.81. The van der Waals surface area contributed by atoms with Crippen LogP contribution in [-0.2, 0) is 0 Å². The molecule has 0 unspecified atom stereocenters. The Labute approximate surface area is 172 Å². The van der Waals surface area contributed by atoms with Crippen LogP contribution < -0.4 is 5.01 Å². The summed E-state index contributed by atoms with van der Waals surface area (Å²) in [4.78, 5) is 4.81. The van der Waals surface area contributed by atoms with Crippen LogP contribution in [0.1, 0.15) is 23.6 Å². The molecule has 2 heterocycles. The van der Waals surface area contributed by atoms with Crippen LogP contribution >= 0.6 is 11.3 Å². The molecule has 0 fully saturated rings. The fourth-order valence-corrected chi connectivity index (χ4v) is 4.38. The van der Waals surface area contributed by atoms with E-state index in [1.165, 1.54) is 17.7 Å². The van der Waals surface area contributed by atoms with Crippen molar-refractivity contribution in [1.82, 2.24) is 4.98 Å². The molecule has 3 aromatic carbocycles. The SMILES string of the molecule is Fc1ccc(-c2csc(N3N=C(c4ccccc4)C[C@H]3c3ccccc3)n2)cc1. The van der Waals surface area contributed by atoms with Gasteiger partial charge in [-0.1, -0.05) is 60.7 Å². The Hall–Kier alpha value is -3.31. The molecular weight excluding hydrogens is 381 g/mol. The Morgan fingerprint density at radius 3 is 2.24 bits per heavy atom. The topological polar surface area (TPSA) is 28.5 Å². The van der Waals surface area contributed by atoms with E-state index in [0.717, 1.165) is 34.1 Å². The van der Waals surface area contributed by atoms with Gasteiger partial charge in [0.25, 0.3) is 0 Å². The van der Waals surface area contributed by atoms with E-state index in [1.54, 1.807) is 23.5 Å². The zero-order valence-corrected chi connectivity index (χ0v) is 16.4. The highest BCUT2D eigenvalue weighted by Gasteiger charge is 2.31. The first-order chi connectivity index (χ1) is 14.3. The molecule has 1 atom stereocenters. The van der Waals surface area contributed by atoms with E-state index in [-0.39, 0.29) is 11.9 Å². The van der Waals surface area contributed by atoms with E-state index in [1.807, 2.05) is 34.7 Å². The highest BCUT2D eigenvalue weighted by molar-refractivity contribution is 7.14. The van der Waals surface area contributed by atoms with E-state index in [4.69, 9.17) is 10.1 Å². The molecule has 3 nitrogen and oxygen atoms in total. The van der Waals surface area contributed by atoms with Crippen LogP contribution in [0, 0.1) is 5.82 Å². The summed E-state index contributed by atoms with van der Waals surface area (Å²) in [6.45, 7) is 0. The van der Waals surface area contributed by atoms with Crippen molar-refractivity contribution in [2.24, 2.45) is 5.10 Å². The molecule has 0 bridgehead atoms. The van der Waals surface area contributed by atoms with Crippen molar-refractivity contribution in [3.63, 3.8) is 0 Å². The number of nitrogens with zero attached hydrogens (tertiary/aromatic N) is 3. The van der Waals surface area contributed by atoms with Gasteiger partial charge in [-0.2, -0.15) is 5.10 Å². The molecule has 1 aliphatic heterocycles. The second-order valence-corrected chi connectivity index (χ2v) is 7.75. The van der Waals surface area contributed by atoms with Gasteiger partial charge in [-0.05, 0) is 35.4 Å². The average Bonchev–Trinajstić information content (AvgIpc) is 3.43. The van der Waals surface area contributed by atoms with E-state index < -0.39 is 0 Å². The Morgan fingerprint density at radius 1 is 0.828 bits per heavy atom. The number of rotatable bonds is 4. The molecule has 1 aliphatic rings. The van der Waals surface area contributed by atoms with Gasteiger partial charge in [0.2, 0.25) is 5.13 Å². The summed E-state index contributed by atoms with van der Waals surface area (Å²) in [6.07, 6.45) is 0.819. The van der Waals surface area contributed by atoms with Gasteiger partial charge in [-0.3, -0.25) is 0 Å². The van der Waals surface area contributed by atoms with Crippen LogP contribution in [0.2, 0.25) is 0 Å². The number of hydrogen-bond donors (Lipinski definition) is 0. The van der Waals surface area contributed by atoms with Gasteiger partial charge < -0.3 is 0 Å². The first kappa shape index (κ1) is 17.8. The molecule has 5 heteroatoms. The number of hydrazone groups is 1. The van der Waals surface area contributed by atoms with Gasteiger partial charge in [-0.15, -0.1) is 11.3 Å².